The molecule has 0 aliphatic carbocycles. The molecule has 0 amide bonds. The minimum atomic E-state index is -3.70. The molecule has 0 aliphatic heterocycles. The maximum atomic E-state index is 12.3. The Balaban J connectivity index is 2.32. The topological polar surface area (TPSA) is 46.6 Å². The first kappa shape index (κ1) is 22.0. The van der Waals surface area contributed by atoms with E-state index < -0.39 is 10.3 Å². The highest BCUT2D eigenvalue weighted by Gasteiger charge is 2.22. The summed E-state index contributed by atoms with van der Waals surface area (Å²) in [5, 5.41) is 0. The maximum Gasteiger partial charge on any atom is 0.362 e. The maximum absolute atomic E-state index is 12.3. The average molecular weight is 370 g/mol. The Bertz CT molecular complexity index is 531. The van der Waals surface area contributed by atoms with E-state index in [0.717, 1.165) is 12.8 Å². The van der Waals surface area contributed by atoms with Crippen LogP contribution in [0, 0.1) is 0 Å². The largest absolute Gasteiger partial charge is 0.362 e. The van der Waals surface area contributed by atoms with Crippen molar-refractivity contribution in [3.8, 4) is 0 Å². The number of nitrogens with zero attached hydrogens (tertiary/aromatic N) is 1. The Labute approximate surface area is 154 Å². The van der Waals surface area contributed by atoms with Crippen molar-refractivity contribution in [2.24, 2.45) is 0 Å². The van der Waals surface area contributed by atoms with Crippen LogP contribution in [0.4, 0.5) is 5.69 Å². The lowest BCUT2D eigenvalue weighted by Crippen LogP contribution is -2.33. The Morgan fingerprint density at radius 1 is 0.800 bits per heavy atom. The minimum absolute atomic E-state index is 0.156. The number of hydrogen-bond acceptors (Lipinski definition) is 3. The molecule has 0 saturated carbocycles. The van der Waals surface area contributed by atoms with E-state index in [2.05, 4.69) is 6.92 Å². The summed E-state index contributed by atoms with van der Waals surface area (Å²) < 4.78 is 31.0. The van der Waals surface area contributed by atoms with Crippen LogP contribution in [-0.4, -0.2) is 21.6 Å². The van der Waals surface area contributed by atoms with E-state index in [1.54, 1.807) is 6.92 Å². The molecule has 0 radical (unpaired) electrons. The molecule has 1 rings (SSSR count). The van der Waals surface area contributed by atoms with E-state index in [4.69, 9.17) is 4.18 Å². The van der Waals surface area contributed by atoms with Gasteiger partial charge in [-0.05, 0) is 25.5 Å². The van der Waals surface area contributed by atoms with Crippen LogP contribution in [0.3, 0.4) is 0 Å². The molecule has 1 aromatic rings. The van der Waals surface area contributed by atoms with Crippen molar-refractivity contribution in [2.75, 3.05) is 17.5 Å². The van der Waals surface area contributed by atoms with Crippen LogP contribution >= 0.6 is 0 Å². The zero-order valence-corrected chi connectivity index (χ0v) is 16.8. The second-order valence-corrected chi connectivity index (χ2v) is 7.99. The second kappa shape index (κ2) is 13.2. The summed E-state index contributed by atoms with van der Waals surface area (Å²) in [5.74, 6) is 0. The van der Waals surface area contributed by atoms with E-state index in [9.17, 15) is 8.42 Å². The van der Waals surface area contributed by atoms with Gasteiger partial charge in [-0.25, -0.2) is 4.31 Å². The molecular weight excluding hydrogens is 334 g/mol. The van der Waals surface area contributed by atoms with E-state index >= 15 is 0 Å². The SMILES string of the molecule is CCCCCCCCCCCCN(c1ccccc1)S(=O)(=O)OCC. The molecule has 0 atom stereocenters. The first-order chi connectivity index (χ1) is 12.1. The standard InChI is InChI=1S/C20H35NO3S/c1-3-5-6-7-8-9-10-11-12-16-19-21(25(22,23)24-4-2)20-17-14-13-15-18-20/h13-15,17-18H,3-12,16,19H2,1-2H3. The first-order valence-electron chi connectivity index (χ1n) is 9.84. The molecule has 4 nitrogen and oxygen atoms in total. The molecule has 5 heteroatoms. The van der Waals surface area contributed by atoms with Gasteiger partial charge < -0.3 is 0 Å². The summed E-state index contributed by atoms with van der Waals surface area (Å²) in [6.45, 7) is 4.57. The van der Waals surface area contributed by atoms with Gasteiger partial charge in [0, 0.05) is 6.54 Å². The Morgan fingerprint density at radius 2 is 1.32 bits per heavy atom. The average Bonchev–Trinajstić information content (AvgIpc) is 2.60. The van der Waals surface area contributed by atoms with E-state index in [0.29, 0.717) is 12.2 Å². The minimum Gasteiger partial charge on any atom is -0.254 e. The van der Waals surface area contributed by atoms with Gasteiger partial charge in [0.05, 0.1) is 12.3 Å². The monoisotopic (exact) mass is 369 g/mol. The quantitative estimate of drug-likeness (QED) is 0.373. The summed E-state index contributed by atoms with van der Waals surface area (Å²) in [6.07, 6.45) is 12.3. The summed E-state index contributed by atoms with van der Waals surface area (Å²) in [4.78, 5) is 0. The molecule has 0 bridgehead atoms. The van der Waals surface area contributed by atoms with Gasteiger partial charge in [-0.15, -0.1) is 0 Å². The zero-order valence-electron chi connectivity index (χ0n) is 16.0. The van der Waals surface area contributed by atoms with Gasteiger partial charge in [0.2, 0.25) is 0 Å². The lowest BCUT2D eigenvalue weighted by atomic mass is 10.1. The molecule has 0 N–H and O–H groups in total. The van der Waals surface area contributed by atoms with Crippen molar-refractivity contribution in [3.63, 3.8) is 0 Å². The summed E-state index contributed by atoms with van der Waals surface area (Å²) >= 11 is 0. The fourth-order valence-electron chi connectivity index (χ4n) is 2.92. The normalized spacial score (nSPS) is 11.6. The van der Waals surface area contributed by atoms with Gasteiger partial charge in [0.25, 0.3) is 0 Å². The number of anilines is 1. The lowest BCUT2D eigenvalue weighted by Gasteiger charge is -2.23. The highest BCUT2D eigenvalue weighted by Crippen LogP contribution is 2.20. The van der Waals surface area contributed by atoms with Crippen molar-refractivity contribution >= 4 is 16.0 Å². The molecule has 0 fully saturated rings. The Kier molecular flexibility index (Phi) is 11.6. The van der Waals surface area contributed by atoms with E-state index in [-0.39, 0.29) is 6.61 Å². The first-order valence-corrected chi connectivity index (χ1v) is 11.2. The van der Waals surface area contributed by atoms with Crippen LogP contribution in [0.2, 0.25) is 0 Å². The molecule has 0 unspecified atom stereocenters. The molecular formula is C20H35NO3S. The number of unbranched alkanes of at least 4 members (excludes halogenated alkanes) is 9. The van der Waals surface area contributed by atoms with E-state index in [1.165, 1.54) is 55.7 Å². The van der Waals surface area contributed by atoms with Gasteiger partial charge in [-0.2, -0.15) is 8.42 Å². The molecule has 0 heterocycles. The van der Waals surface area contributed by atoms with Gasteiger partial charge in [-0.1, -0.05) is 82.9 Å². The van der Waals surface area contributed by atoms with Crippen molar-refractivity contribution in [2.45, 2.75) is 78.1 Å². The number of benzene rings is 1. The molecule has 0 aliphatic rings. The fourth-order valence-corrected chi connectivity index (χ4v) is 4.08. The predicted molar refractivity (Wildman–Crippen MR) is 106 cm³/mol. The number of para-hydroxylation sites is 1. The summed E-state index contributed by atoms with van der Waals surface area (Å²) in [6, 6.07) is 9.21. The molecule has 0 aromatic heterocycles. The van der Waals surface area contributed by atoms with Crippen LogP contribution in [0.5, 0.6) is 0 Å². The van der Waals surface area contributed by atoms with Crippen molar-refractivity contribution in [1.82, 2.24) is 0 Å². The third-order valence-electron chi connectivity index (χ3n) is 4.30. The van der Waals surface area contributed by atoms with E-state index in [1.807, 2.05) is 30.3 Å². The van der Waals surface area contributed by atoms with Crippen molar-refractivity contribution in [3.05, 3.63) is 30.3 Å². The molecule has 25 heavy (non-hydrogen) atoms. The van der Waals surface area contributed by atoms with Gasteiger partial charge in [0.15, 0.2) is 0 Å². The third kappa shape index (κ3) is 9.26. The summed E-state index contributed by atoms with van der Waals surface area (Å²) in [7, 11) is -3.70. The number of hydrogen-bond donors (Lipinski definition) is 0. The fraction of sp³-hybridized carbons (Fsp3) is 0.700. The highest BCUT2D eigenvalue weighted by molar-refractivity contribution is 7.88. The smallest absolute Gasteiger partial charge is 0.254 e. The lowest BCUT2D eigenvalue weighted by molar-refractivity contribution is 0.335. The molecule has 144 valence electrons. The van der Waals surface area contributed by atoms with Crippen molar-refractivity contribution < 1.29 is 12.6 Å². The van der Waals surface area contributed by atoms with Crippen LogP contribution in [0.1, 0.15) is 78.1 Å². The molecule has 0 spiro atoms. The van der Waals surface area contributed by atoms with Crippen LogP contribution < -0.4 is 4.31 Å². The van der Waals surface area contributed by atoms with Crippen molar-refractivity contribution in [1.29, 1.82) is 0 Å². The predicted octanol–water partition coefficient (Wildman–Crippen LogP) is 5.70. The number of rotatable bonds is 15. The van der Waals surface area contributed by atoms with Gasteiger partial charge >= 0.3 is 10.3 Å². The zero-order chi connectivity index (χ0) is 18.4. The van der Waals surface area contributed by atoms with Crippen LogP contribution in [-0.2, 0) is 14.5 Å². The van der Waals surface area contributed by atoms with Gasteiger partial charge in [-0.3, -0.25) is 4.18 Å². The molecule has 0 saturated heterocycles. The van der Waals surface area contributed by atoms with Gasteiger partial charge in [0.1, 0.15) is 0 Å². The molecule has 1 aromatic carbocycles. The highest BCUT2D eigenvalue weighted by atomic mass is 32.2. The third-order valence-corrected chi connectivity index (χ3v) is 5.76. The Morgan fingerprint density at radius 3 is 1.84 bits per heavy atom. The van der Waals surface area contributed by atoms with Crippen LogP contribution in [0.25, 0.3) is 0 Å². The Hall–Kier alpha value is -1.07. The van der Waals surface area contributed by atoms with Crippen LogP contribution in [0.15, 0.2) is 30.3 Å². The summed E-state index contributed by atoms with van der Waals surface area (Å²) in [5.41, 5.74) is 0.673. The second-order valence-electron chi connectivity index (χ2n) is 6.45.